The second-order valence-electron chi connectivity index (χ2n) is 19.6. The minimum Gasteiger partial charge on any atom is -0.550 e. The maximum Gasteiger partial charge on any atom is 2.00 e. The summed E-state index contributed by atoms with van der Waals surface area (Å²) in [5.41, 5.74) is 11.6. The van der Waals surface area contributed by atoms with Gasteiger partial charge in [0.05, 0.1) is 22.8 Å². The zero-order valence-corrected chi connectivity index (χ0v) is 54.8. The number of hydrogen-bond donors (Lipinski definition) is 0. The number of aryl methyl sites for hydroxylation is 4. The zero-order valence-electron chi connectivity index (χ0n) is 48.9. The van der Waals surface area contributed by atoms with Gasteiger partial charge in [-0.15, -0.1) is 0 Å². The Kier molecular flexibility index (Phi) is 28.7. The van der Waals surface area contributed by atoms with E-state index in [1.54, 1.807) is 0 Å². The third-order valence-electron chi connectivity index (χ3n) is 13.0. The summed E-state index contributed by atoms with van der Waals surface area (Å²) in [6, 6.07) is 69.7. The van der Waals surface area contributed by atoms with Crippen LogP contribution < -0.4 is 20.4 Å². The molecule has 87 heavy (non-hydrogen) atoms. The number of aliphatic carboxylic acids is 4. The molecule has 0 aliphatic heterocycles. The number of pyridine rings is 4. The van der Waals surface area contributed by atoms with Crippen LogP contribution in [0.2, 0.25) is 0 Å². The first kappa shape index (κ1) is 70.0. The molecule has 0 atom stereocenters. The predicted octanol–water partition coefficient (Wildman–Crippen LogP) is 9.22. The first-order valence-electron chi connectivity index (χ1n) is 27.0. The molecule has 0 radical (unpaired) electrons. The Labute approximate surface area is 531 Å². The van der Waals surface area contributed by atoms with Gasteiger partial charge in [0.15, 0.2) is 0 Å². The van der Waals surface area contributed by atoms with Crippen LogP contribution in [0.4, 0.5) is 0 Å². The summed E-state index contributed by atoms with van der Waals surface area (Å²) in [5, 5.41) is 50.2. The fourth-order valence-electron chi connectivity index (χ4n) is 8.89. The van der Waals surface area contributed by atoms with Crippen LogP contribution >= 0.6 is 0 Å². The van der Waals surface area contributed by atoms with E-state index in [0.717, 1.165) is 88.1 Å². The molecule has 0 saturated carbocycles. The van der Waals surface area contributed by atoms with Gasteiger partial charge in [0, 0.05) is 74.3 Å². The first-order valence-corrected chi connectivity index (χ1v) is 27.0. The number of aromatic nitrogens is 4. The summed E-state index contributed by atoms with van der Waals surface area (Å²) in [5.74, 6) is -4.16. The molecule has 0 unspecified atom stereocenters. The van der Waals surface area contributed by atoms with Crippen molar-refractivity contribution in [3.8, 4) is 22.8 Å². The molecule has 0 spiro atoms. The molecule has 12 rings (SSSR count). The van der Waals surface area contributed by atoms with Crippen molar-refractivity contribution in [2.45, 2.75) is 53.4 Å². The van der Waals surface area contributed by atoms with Gasteiger partial charge < -0.3 is 45.1 Å². The molecule has 2 N–H and O–H groups in total. The molecule has 4 aromatic heterocycles. The number of hydrogen-bond acceptors (Lipinski definition) is 12. The van der Waals surface area contributed by atoms with Crippen molar-refractivity contribution >= 4 is 67.0 Å². The van der Waals surface area contributed by atoms with Crippen LogP contribution in [0.15, 0.2) is 243 Å². The Morgan fingerprint density at radius 3 is 0.632 bits per heavy atom. The van der Waals surface area contributed by atoms with Crippen LogP contribution in [0.25, 0.3) is 65.9 Å². The fourth-order valence-corrected chi connectivity index (χ4v) is 8.89. The van der Waals surface area contributed by atoms with E-state index >= 15 is 0 Å². The van der Waals surface area contributed by atoms with Crippen molar-refractivity contribution in [3.05, 3.63) is 288 Å². The summed E-state index contributed by atoms with van der Waals surface area (Å²) in [6.45, 7) is 8.11. The topological polar surface area (TPSA) is 244 Å². The van der Waals surface area contributed by atoms with Crippen molar-refractivity contribution in [2.75, 3.05) is 0 Å². The molecule has 0 fully saturated rings. The first-order chi connectivity index (χ1) is 40.6. The molecule has 0 aliphatic rings. The van der Waals surface area contributed by atoms with Gasteiger partial charge in [0.1, 0.15) is 0 Å². The van der Waals surface area contributed by atoms with E-state index in [1.807, 2.05) is 271 Å². The number of rotatable bonds is 10. The summed E-state index contributed by atoms with van der Waals surface area (Å²) in [7, 11) is 0. The molecule has 12 aromatic rings. The molecule has 0 bridgehead atoms. The predicted molar refractivity (Wildman–Crippen MR) is 328 cm³/mol. The Morgan fingerprint density at radius 1 is 0.276 bits per heavy atom. The van der Waals surface area contributed by atoms with Crippen LogP contribution in [0.5, 0.6) is 0 Å². The Balaban J connectivity index is 0.000000222. The molecule has 428 valence electrons. The van der Waals surface area contributed by atoms with Gasteiger partial charge in [-0.05, 0) is 140 Å². The minimum atomic E-state index is -1.04. The number of benzene rings is 8. The molecule has 0 amide bonds. The third-order valence-corrected chi connectivity index (χ3v) is 13.0. The molecule has 0 aliphatic carbocycles. The van der Waals surface area contributed by atoms with Gasteiger partial charge >= 0.3 is 39.0 Å². The molecule has 15 heteroatoms. The molecule has 8 aromatic carbocycles. The average Bonchev–Trinajstić information content (AvgIpc) is 3.31. The second-order valence-corrected chi connectivity index (χ2v) is 19.6. The van der Waals surface area contributed by atoms with Gasteiger partial charge in [-0.25, -0.2) is 0 Å². The Morgan fingerprint density at radius 2 is 0.460 bits per heavy atom. The van der Waals surface area contributed by atoms with Crippen molar-refractivity contribution in [3.63, 3.8) is 0 Å². The van der Waals surface area contributed by atoms with E-state index in [2.05, 4.69) is 19.9 Å². The molecule has 13 nitrogen and oxygen atoms in total. The van der Waals surface area contributed by atoms with E-state index < -0.39 is 23.9 Å². The van der Waals surface area contributed by atoms with E-state index in [4.69, 9.17) is 0 Å². The quantitative estimate of drug-likeness (QED) is 0.116. The van der Waals surface area contributed by atoms with E-state index in [1.165, 1.54) is 22.3 Å². The minimum absolute atomic E-state index is 0. The van der Waals surface area contributed by atoms with Crippen LogP contribution in [0.1, 0.15) is 44.5 Å². The number of carbonyl (C=O) groups excluding carboxylic acids is 4. The van der Waals surface area contributed by atoms with Crippen molar-refractivity contribution in [1.29, 1.82) is 0 Å². The zero-order chi connectivity index (χ0) is 59.8. The van der Waals surface area contributed by atoms with Gasteiger partial charge in [-0.1, -0.05) is 194 Å². The molecule has 0 saturated heterocycles. The average molecular weight is 1260 g/mol. The van der Waals surface area contributed by atoms with Crippen molar-refractivity contribution < 1.29 is 84.0 Å². The number of carboxylic acid groups (broad SMARTS) is 4. The number of carboxylic acids is 4. The summed E-state index contributed by atoms with van der Waals surface area (Å²) < 4.78 is 0. The summed E-state index contributed by atoms with van der Waals surface area (Å²) in [4.78, 5) is 59.3. The number of nitrogens with zero attached hydrogens (tertiary/aromatic N) is 4. The van der Waals surface area contributed by atoms with E-state index in [-0.39, 0.29) is 70.1 Å². The van der Waals surface area contributed by atoms with Crippen LogP contribution in [0.3, 0.4) is 0 Å². The van der Waals surface area contributed by atoms with E-state index in [9.17, 15) is 39.6 Å². The standard InChI is InChI=1S/2C12H12N2.4C12H10O2.H2O.2Zn/c2*1-9-3-5-11(13-7-9)12-6-4-10(2)8-14-12;4*13-12(14)8-10-6-3-5-9-4-1-2-7-11(9)10;;;/h2*3-8H,1-2H3;4*1-7H,8H2,(H,13,14);1H2;;/q;;;;;;;2*+2/p-4. The second kappa shape index (κ2) is 35.7. The number of fused-ring (bicyclic) bond motifs is 4. The SMILES string of the molecule is Cc1ccc(-c2ccc(C)cn2)nc1.Cc1ccc(-c2ccc(C)cn2)nc1.O.O=C([O-])Cc1cccc2ccccc12.O=C([O-])Cc1cccc2ccccc12.O=C([O-])Cc1cccc2ccccc12.O=C([O-])Cc1cccc2ccccc12.[Zn+2].[Zn+2]. The summed E-state index contributed by atoms with van der Waals surface area (Å²) >= 11 is 0. The van der Waals surface area contributed by atoms with Crippen LogP contribution in [-0.2, 0) is 83.8 Å². The Bertz CT molecular complexity index is 3590. The van der Waals surface area contributed by atoms with Crippen LogP contribution in [-0.4, -0.2) is 49.3 Å². The van der Waals surface area contributed by atoms with E-state index in [0.29, 0.717) is 0 Å². The van der Waals surface area contributed by atoms with Crippen LogP contribution in [0, 0.1) is 27.7 Å². The monoisotopic (exact) mass is 1250 g/mol. The largest absolute Gasteiger partial charge is 2.00 e. The maximum atomic E-state index is 10.5. The van der Waals surface area contributed by atoms with Gasteiger partial charge in [-0.2, -0.15) is 0 Å². The van der Waals surface area contributed by atoms with Gasteiger partial charge in [0.2, 0.25) is 0 Å². The molecule has 4 heterocycles. The Hall–Kier alpha value is -9.51. The maximum absolute atomic E-state index is 10.5. The smallest absolute Gasteiger partial charge is 0.550 e. The van der Waals surface area contributed by atoms with Crippen molar-refractivity contribution in [1.82, 2.24) is 19.9 Å². The normalized spacial score (nSPS) is 9.89. The molecular formula is C72H62N4O9Zn2. The fraction of sp³-hybridized carbons (Fsp3) is 0.111. The van der Waals surface area contributed by atoms with Crippen molar-refractivity contribution in [2.24, 2.45) is 0 Å². The number of carbonyl (C=O) groups is 4. The van der Waals surface area contributed by atoms with Gasteiger partial charge in [-0.3, -0.25) is 19.9 Å². The third kappa shape index (κ3) is 22.1. The summed E-state index contributed by atoms with van der Waals surface area (Å²) in [6.07, 6.45) is 7.33. The molecular weight excluding hydrogens is 1200 g/mol. The van der Waals surface area contributed by atoms with Gasteiger partial charge in [0.25, 0.3) is 0 Å².